The highest BCUT2D eigenvalue weighted by Gasteiger charge is 2.16. The molecule has 0 aromatic carbocycles. The lowest BCUT2D eigenvalue weighted by Gasteiger charge is -2.20. The van der Waals surface area contributed by atoms with E-state index in [4.69, 9.17) is 0 Å². The minimum Gasteiger partial charge on any atom is -0.306 e. The van der Waals surface area contributed by atoms with Crippen LogP contribution in [0.2, 0.25) is 0 Å². The van der Waals surface area contributed by atoms with Crippen molar-refractivity contribution in [2.24, 2.45) is 0 Å². The third-order valence-electron chi connectivity index (χ3n) is 1.40. The molecule has 0 aliphatic heterocycles. The molecule has 60 valence electrons. The minimum atomic E-state index is -0.125. The van der Waals surface area contributed by atoms with E-state index in [1.54, 1.807) is 10.9 Å². The van der Waals surface area contributed by atoms with Crippen molar-refractivity contribution in [3.8, 4) is 0 Å². The van der Waals surface area contributed by atoms with Gasteiger partial charge in [0.15, 0.2) is 12.1 Å². The number of aldehydes is 1. The van der Waals surface area contributed by atoms with E-state index in [2.05, 4.69) is 10.2 Å². The Morgan fingerprint density at radius 3 is 2.55 bits per heavy atom. The monoisotopic (exact) mass is 153 g/mol. The summed E-state index contributed by atoms with van der Waals surface area (Å²) in [5.74, 6) is 0.373. The van der Waals surface area contributed by atoms with Gasteiger partial charge in [-0.1, -0.05) is 0 Å². The van der Waals surface area contributed by atoms with Crippen LogP contribution in [0.4, 0.5) is 0 Å². The van der Waals surface area contributed by atoms with Gasteiger partial charge in [-0.3, -0.25) is 4.79 Å². The van der Waals surface area contributed by atoms with Crippen LogP contribution in [0.1, 0.15) is 31.4 Å². The van der Waals surface area contributed by atoms with Gasteiger partial charge in [-0.05, 0) is 20.8 Å². The molecule has 0 aliphatic carbocycles. The zero-order valence-electron chi connectivity index (χ0n) is 6.90. The van der Waals surface area contributed by atoms with Gasteiger partial charge < -0.3 is 4.57 Å². The highest BCUT2D eigenvalue weighted by molar-refractivity contribution is 5.68. The second-order valence-corrected chi connectivity index (χ2v) is 3.35. The van der Waals surface area contributed by atoms with Crippen LogP contribution in [0.15, 0.2) is 6.33 Å². The topological polar surface area (TPSA) is 47.8 Å². The fourth-order valence-corrected chi connectivity index (χ4v) is 0.841. The van der Waals surface area contributed by atoms with Crippen molar-refractivity contribution in [2.75, 3.05) is 0 Å². The average Bonchev–Trinajstić information content (AvgIpc) is 2.31. The van der Waals surface area contributed by atoms with E-state index in [1.165, 1.54) is 0 Å². The number of carbonyl (C=O) groups is 1. The maximum atomic E-state index is 10.4. The molecule has 0 atom stereocenters. The number of aromatic nitrogens is 3. The van der Waals surface area contributed by atoms with E-state index < -0.39 is 0 Å². The van der Waals surface area contributed by atoms with Gasteiger partial charge in [-0.25, -0.2) is 0 Å². The molecule has 4 heteroatoms. The van der Waals surface area contributed by atoms with Gasteiger partial charge in [0.1, 0.15) is 6.33 Å². The lowest BCUT2D eigenvalue weighted by atomic mass is 10.1. The number of hydrogen-bond acceptors (Lipinski definition) is 3. The molecule has 0 saturated heterocycles. The fourth-order valence-electron chi connectivity index (χ4n) is 0.841. The molecular formula is C7H11N3O. The Bertz CT molecular complexity index is 259. The van der Waals surface area contributed by atoms with Gasteiger partial charge in [0, 0.05) is 5.54 Å². The predicted octanol–water partition coefficient (Wildman–Crippen LogP) is 0.846. The van der Waals surface area contributed by atoms with Crippen LogP contribution in [0, 0.1) is 0 Å². The zero-order chi connectivity index (χ0) is 8.48. The third-order valence-corrected chi connectivity index (χ3v) is 1.40. The van der Waals surface area contributed by atoms with Gasteiger partial charge in [0.25, 0.3) is 0 Å². The van der Waals surface area contributed by atoms with E-state index in [0.29, 0.717) is 12.1 Å². The highest BCUT2D eigenvalue weighted by Crippen LogP contribution is 2.13. The summed E-state index contributed by atoms with van der Waals surface area (Å²) in [6, 6.07) is 0. The quantitative estimate of drug-likeness (QED) is 0.562. The van der Waals surface area contributed by atoms with Gasteiger partial charge in [0.2, 0.25) is 0 Å². The Morgan fingerprint density at radius 2 is 2.18 bits per heavy atom. The Labute approximate surface area is 65.2 Å². The molecule has 1 heterocycles. The molecule has 0 radical (unpaired) electrons. The molecule has 4 nitrogen and oxygen atoms in total. The number of rotatable bonds is 1. The maximum absolute atomic E-state index is 10.4. The normalized spacial score (nSPS) is 11.5. The van der Waals surface area contributed by atoms with Crippen molar-refractivity contribution < 1.29 is 4.79 Å². The summed E-state index contributed by atoms with van der Waals surface area (Å²) in [6.45, 7) is 5.97. The lowest BCUT2D eigenvalue weighted by molar-refractivity contribution is 0.110. The first kappa shape index (κ1) is 7.91. The molecule has 0 N–H and O–H groups in total. The standard InChI is InChI=1S/C7H11N3O/c1-7(2,3)10-5-8-9-6(10)4-11/h4-5H,1-3H3. The van der Waals surface area contributed by atoms with Gasteiger partial charge >= 0.3 is 0 Å². The van der Waals surface area contributed by atoms with Crippen molar-refractivity contribution in [1.29, 1.82) is 0 Å². The van der Waals surface area contributed by atoms with Crippen LogP contribution in [0.3, 0.4) is 0 Å². The Balaban J connectivity index is 3.12. The van der Waals surface area contributed by atoms with Crippen molar-refractivity contribution >= 4 is 6.29 Å². The summed E-state index contributed by atoms with van der Waals surface area (Å²) in [4.78, 5) is 10.4. The van der Waals surface area contributed by atoms with E-state index in [9.17, 15) is 4.79 Å². The second-order valence-electron chi connectivity index (χ2n) is 3.35. The van der Waals surface area contributed by atoms with Crippen molar-refractivity contribution in [3.05, 3.63) is 12.2 Å². The summed E-state index contributed by atoms with van der Waals surface area (Å²) >= 11 is 0. The first-order valence-corrected chi connectivity index (χ1v) is 3.41. The van der Waals surface area contributed by atoms with Crippen LogP contribution in [-0.4, -0.2) is 21.1 Å². The van der Waals surface area contributed by atoms with E-state index in [0.717, 1.165) is 0 Å². The SMILES string of the molecule is CC(C)(C)n1cnnc1C=O. The molecule has 1 rings (SSSR count). The summed E-state index contributed by atoms with van der Waals surface area (Å²) in [5.41, 5.74) is -0.125. The largest absolute Gasteiger partial charge is 0.306 e. The van der Waals surface area contributed by atoms with E-state index in [1.807, 2.05) is 20.8 Å². The summed E-state index contributed by atoms with van der Waals surface area (Å²) < 4.78 is 1.74. The van der Waals surface area contributed by atoms with Crippen LogP contribution in [-0.2, 0) is 5.54 Å². The summed E-state index contributed by atoms with van der Waals surface area (Å²) in [7, 11) is 0. The molecule has 0 unspecified atom stereocenters. The Morgan fingerprint density at radius 1 is 1.55 bits per heavy atom. The van der Waals surface area contributed by atoms with E-state index >= 15 is 0 Å². The van der Waals surface area contributed by atoms with E-state index in [-0.39, 0.29) is 5.54 Å². The first-order chi connectivity index (χ1) is 5.05. The number of hydrogen-bond donors (Lipinski definition) is 0. The van der Waals surface area contributed by atoms with Crippen LogP contribution < -0.4 is 0 Å². The third kappa shape index (κ3) is 1.45. The summed E-state index contributed by atoms with van der Waals surface area (Å²) in [6.07, 6.45) is 2.27. The fraction of sp³-hybridized carbons (Fsp3) is 0.571. The van der Waals surface area contributed by atoms with Gasteiger partial charge in [0.05, 0.1) is 0 Å². The Kier molecular flexibility index (Phi) is 1.76. The molecule has 0 saturated carbocycles. The highest BCUT2D eigenvalue weighted by atomic mass is 16.1. The number of carbonyl (C=O) groups excluding carboxylic acids is 1. The van der Waals surface area contributed by atoms with Gasteiger partial charge in [-0.15, -0.1) is 10.2 Å². The molecule has 11 heavy (non-hydrogen) atoms. The predicted molar refractivity (Wildman–Crippen MR) is 40.4 cm³/mol. The van der Waals surface area contributed by atoms with Crippen LogP contribution >= 0.6 is 0 Å². The number of nitrogens with zero attached hydrogens (tertiary/aromatic N) is 3. The molecule has 1 aromatic rings. The van der Waals surface area contributed by atoms with Gasteiger partial charge in [-0.2, -0.15) is 0 Å². The molecule has 0 amide bonds. The minimum absolute atomic E-state index is 0.125. The summed E-state index contributed by atoms with van der Waals surface area (Å²) in [5, 5.41) is 7.29. The van der Waals surface area contributed by atoms with Crippen molar-refractivity contribution in [1.82, 2.24) is 14.8 Å². The second kappa shape index (κ2) is 2.45. The molecular weight excluding hydrogens is 142 g/mol. The smallest absolute Gasteiger partial charge is 0.197 e. The molecule has 0 bridgehead atoms. The van der Waals surface area contributed by atoms with Crippen LogP contribution in [0.5, 0.6) is 0 Å². The first-order valence-electron chi connectivity index (χ1n) is 3.41. The molecule has 0 aliphatic rings. The Hall–Kier alpha value is -1.19. The average molecular weight is 153 g/mol. The lowest BCUT2D eigenvalue weighted by Crippen LogP contribution is -2.23. The maximum Gasteiger partial charge on any atom is 0.197 e. The van der Waals surface area contributed by atoms with Crippen molar-refractivity contribution in [3.63, 3.8) is 0 Å². The van der Waals surface area contributed by atoms with Crippen molar-refractivity contribution in [2.45, 2.75) is 26.3 Å². The molecule has 0 fully saturated rings. The zero-order valence-corrected chi connectivity index (χ0v) is 6.90. The molecule has 1 aromatic heterocycles. The molecule has 0 spiro atoms. The van der Waals surface area contributed by atoms with Crippen LogP contribution in [0.25, 0.3) is 0 Å².